The van der Waals surface area contributed by atoms with E-state index in [4.69, 9.17) is 9.15 Å². The lowest BCUT2D eigenvalue weighted by atomic mass is 10.2. The van der Waals surface area contributed by atoms with Gasteiger partial charge in [-0.3, -0.25) is 4.90 Å². The SMILES string of the molecule is CC(C)(C)OC(=O)N1CCN(CCCNc2cc(=O)oc3ccc(F)cc23)CC1. The maximum absolute atomic E-state index is 13.5. The van der Waals surface area contributed by atoms with Gasteiger partial charge in [0.25, 0.3) is 0 Å². The minimum Gasteiger partial charge on any atom is -0.444 e. The molecule has 2 heterocycles. The van der Waals surface area contributed by atoms with Crippen LogP contribution in [-0.2, 0) is 4.74 Å². The van der Waals surface area contributed by atoms with Crippen LogP contribution in [0.25, 0.3) is 11.0 Å². The molecule has 0 aliphatic carbocycles. The second-order valence-corrected chi connectivity index (χ2v) is 8.21. The molecular formula is C21H28FN3O4. The van der Waals surface area contributed by atoms with Gasteiger partial charge >= 0.3 is 11.7 Å². The van der Waals surface area contributed by atoms with Crippen molar-refractivity contribution in [3.05, 3.63) is 40.5 Å². The molecule has 1 amide bonds. The van der Waals surface area contributed by atoms with Crippen LogP contribution in [0.15, 0.2) is 33.5 Å². The van der Waals surface area contributed by atoms with E-state index in [-0.39, 0.29) is 11.9 Å². The van der Waals surface area contributed by atoms with Gasteiger partial charge in [-0.2, -0.15) is 0 Å². The number of ether oxygens (including phenoxy) is 1. The van der Waals surface area contributed by atoms with Crippen molar-refractivity contribution >= 4 is 22.7 Å². The molecule has 1 aliphatic heterocycles. The smallest absolute Gasteiger partial charge is 0.410 e. The molecule has 3 rings (SSSR count). The minimum absolute atomic E-state index is 0.263. The molecule has 29 heavy (non-hydrogen) atoms. The number of nitrogens with zero attached hydrogens (tertiary/aromatic N) is 2. The van der Waals surface area contributed by atoms with E-state index < -0.39 is 11.2 Å². The number of halogens is 1. The second kappa shape index (κ2) is 8.82. The fourth-order valence-corrected chi connectivity index (χ4v) is 3.29. The number of hydrogen-bond acceptors (Lipinski definition) is 6. The van der Waals surface area contributed by atoms with Gasteiger partial charge in [0.2, 0.25) is 0 Å². The Morgan fingerprint density at radius 1 is 1.21 bits per heavy atom. The van der Waals surface area contributed by atoms with Gasteiger partial charge < -0.3 is 19.4 Å². The van der Waals surface area contributed by atoms with Crippen LogP contribution in [0.4, 0.5) is 14.9 Å². The Kier molecular flexibility index (Phi) is 6.42. The highest BCUT2D eigenvalue weighted by Crippen LogP contribution is 2.22. The Balaban J connectivity index is 1.45. The molecule has 0 saturated carbocycles. The monoisotopic (exact) mass is 405 g/mol. The van der Waals surface area contributed by atoms with Crippen LogP contribution in [0.3, 0.4) is 0 Å². The van der Waals surface area contributed by atoms with Crippen LogP contribution < -0.4 is 10.9 Å². The van der Waals surface area contributed by atoms with E-state index >= 15 is 0 Å². The summed E-state index contributed by atoms with van der Waals surface area (Å²) in [5, 5.41) is 3.76. The molecule has 0 spiro atoms. The first-order valence-corrected chi connectivity index (χ1v) is 9.89. The Morgan fingerprint density at radius 3 is 2.62 bits per heavy atom. The summed E-state index contributed by atoms with van der Waals surface area (Å²) in [4.78, 5) is 27.8. The van der Waals surface area contributed by atoms with E-state index in [1.807, 2.05) is 20.8 Å². The molecule has 1 aliphatic rings. The van der Waals surface area contributed by atoms with Gasteiger partial charge in [0.1, 0.15) is 17.0 Å². The van der Waals surface area contributed by atoms with E-state index in [0.29, 0.717) is 36.3 Å². The van der Waals surface area contributed by atoms with E-state index in [2.05, 4.69) is 10.2 Å². The number of piperazine rings is 1. The number of rotatable bonds is 5. The lowest BCUT2D eigenvalue weighted by Crippen LogP contribution is -2.50. The Labute approximate surface area is 169 Å². The first-order chi connectivity index (χ1) is 13.7. The second-order valence-electron chi connectivity index (χ2n) is 8.21. The molecule has 2 aromatic rings. The van der Waals surface area contributed by atoms with Crippen LogP contribution in [0.2, 0.25) is 0 Å². The normalized spacial score (nSPS) is 15.5. The molecule has 0 unspecified atom stereocenters. The largest absolute Gasteiger partial charge is 0.444 e. The fourth-order valence-electron chi connectivity index (χ4n) is 3.29. The van der Waals surface area contributed by atoms with Crippen molar-refractivity contribution in [3.8, 4) is 0 Å². The van der Waals surface area contributed by atoms with Crippen LogP contribution in [0.1, 0.15) is 27.2 Å². The van der Waals surface area contributed by atoms with Gasteiger partial charge in [0, 0.05) is 44.2 Å². The third-order valence-electron chi connectivity index (χ3n) is 4.70. The number of carbonyl (C=O) groups excluding carboxylic acids is 1. The van der Waals surface area contributed by atoms with Crippen molar-refractivity contribution in [2.24, 2.45) is 0 Å². The number of anilines is 1. The summed E-state index contributed by atoms with van der Waals surface area (Å²) in [5.41, 5.74) is -0.0169. The Hall–Kier alpha value is -2.61. The summed E-state index contributed by atoms with van der Waals surface area (Å²) in [6.07, 6.45) is 0.588. The maximum Gasteiger partial charge on any atom is 0.410 e. The van der Waals surface area contributed by atoms with Gasteiger partial charge in [0.05, 0.1) is 5.69 Å². The predicted octanol–water partition coefficient (Wildman–Crippen LogP) is 3.29. The molecular weight excluding hydrogens is 377 g/mol. The van der Waals surface area contributed by atoms with Crippen molar-refractivity contribution in [1.82, 2.24) is 9.80 Å². The molecule has 8 heteroatoms. The number of benzene rings is 1. The van der Waals surface area contributed by atoms with E-state index in [1.165, 1.54) is 24.3 Å². The summed E-state index contributed by atoms with van der Waals surface area (Å²) in [7, 11) is 0. The highest BCUT2D eigenvalue weighted by atomic mass is 19.1. The summed E-state index contributed by atoms with van der Waals surface area (Å²) in [6, 6.07) is 5.44. The number of fused-ring (bicyclic) bond motifs is 1. The van der Waals surface area contributed by atoms with E-state index in [9.17, 15) is 14.0 Å². The van der Waals surface area contributed by atoms with Crippen molar-refractivity contribution in [3.63, 3.8) is 0 Å². The lowest BCUT2D eigenvalue weighted by molar-refractivity contribution is 0.0145. The topological polar surface area (TPSA) is 75.0 Å². The molecule has 0 radical (unpaired) electrons. The first-order valence-electron chi connectivity index (χ1n) is 9.89. The summed E-state index contributed by atoms with van der Waals surface area (Å²) >= 11 is 0. The first kappa shape index (κ1) is 21.1. The third-order valence-corrected chi connectivity index (χ3v) is 4.70. The van der Waals surface area contributed by atoms with Crippen LogP contribution in [0, 0.1) is 5.82 Å². The van der Waals surface area contributed by atoms with Crippen molar-refractivity contribution in [2.75, 3.05) is 44.6 Å². The molecule has 158 valence electrons. The zero-order chi connectivity index (χ0) is 21.0. The van der Waals surface area contributed by atoms with Gasteiger partial charge in [0.15, 0.2) is 0 Å². The summed E-state index contributed by atoms with van der Waals surface area (Å²) in [5.74, 6) is -0.378. The molecule has 1 fully saturated rings. The Bertz CT molecular complexity index is 914. The summed E-state index contributed by atoms with van der Waals surface area (Å²) < 4.78 is 24.1. The number of amides is 1. The fraction of sp³-hybridized carbons (Fsp3) is 0.524. The number of nitrogens with one attached hydrogen (secondary N) is 1. The van der Waals surface area contributed by atoms with Gasteiger partial charge in [-0.1, -0.05) is 0 Å². The van der Waals surface area contributed by atoms with E-state index in [1.54, 1.807) is 4.90 Å². The molecule has 1 N–H and O–H groups in total. The van der Waals surface area contributed by atoms with Gasteiger partial charge in [-0.05, 0) is 51.9 Å². The molecule has 7 nitrogen and oxygen atoms in total. The van der Waals surface area contributed by atoms with Crippen LogP contribution in [0.5, 0.6) is 0 Å². The van der Waals surface area contributed by atoms with Crippen LogP contribution in [-0.4, -0.2) is 60.8 Å². The average Bonchev–Trinajstić information content (AvgIpc) is 2.64. The van der Waals surface area contributed by atoms with Crippen molar-refractivity contribution in [2.45, 2.75) is 32.8 Å². The van der Waals surface area contributed by atoms with Crippen LogP contribution >= 0.6 is 0 Å². The highest BCUT2D eigenvalue weighted by Gasteiger charge is 2.25. The quantitative estimate of drug-likeness (QED) is 0.608. The molecule has 1 saturated heterocycles. The predicted molar refractivity (Wildman–Crippen MR) is 110 cm³/mol. The maximum atomic E-state index is 13.5. The number of carbonyl (C=O) groups is 1. The van der Waals surface area contributed by atoms with E-state index in [0.717, 1.165) is 26.1 Å². The van der Waals surface area contributed by atoms with Gasteiger partial charge in [-0.15, -0.1) is 0 Å². The Morgan fingerprint density at radius 2 is 1.93 bits per heavy atom. The summed E-state index contributed by atoms with van der Waals surface area (Å²) in [6.45, 7) is 9.97. The molecule has 1 aromatic heterocycles. The van der Waals surface area contributed by atoms with Crippen molar-refractivity contribution in [1.29, 1.82) is 0 Å². The third kappa shape index (κ3) is 5.93. The molecule has 0 atom stereocenters. The molecule has 1 aromatic carbocycles. The highest BCUT2D eigenvalue weighted by molar-refractivity contribution is 5.89. The zero-order valence-electron chi connectivity index (χ0n) is 17.2. The van der Waals surface area contributed by atoms with Gasteiger partial charge in [-0.25, -0.2) is 14.0 Å². The minimum atomic E-state index is -0.484. The van der Waals surface area contributed by atoms with Crippen molar-refractivity contribution < 1.29 is 18.3 Å². The zero-order valence-corrected chi connectivity index (χ0v) is 17.2. The molecule has 0 bridgehead atoms. The lowest BCUT2D eigenvalue weighted by Gasteiger charge is -2.35. The standard InChI is InChI=1S/C21H28FN3O4/c1-21(2,3)29-20(27)25-11-9-24(10-12-25)8-4-7-23-17-14-19(26)28-18-6-5-15(22)13-16(17)18/h5-6,13-14,23H,4,7-12H2,1-3H3. The average molecular weight is 405 g/mol. The number of hydrogen-bond donors (Lipinski definition) is 1.